The second kappa shape index (κ2) is 18.6. The molecule has 0 fully saturated rings. The van der Waals surface area contributed by atoms with Gasteiger partial charge in [0.1, 0.15) is 35.1 Å². The van der Waals surface area contributed by atoms with Crippen molar-refractivity contribution in [2.75, 3.05) is 22.6 Å². The van der Waals surface area contributed by atoms with Gasteiger partial charge in [0.25, 0.3) is 22.2 Å². The molecule has 0 saturated carbocycles. The van der Waals surface area contributed by atoms with Crippen LogP contribution in [0.3, 0.4) is 0 Å². The summed E-state index contributed by atoms with van der Waals surface area (Å²) < 4.78 is 4.16. The molecule has 12 rings (SSSR count). The normalized spacial score (nSPS) is 10.9. The number of anilines is 4. The summed E-state index contributed by atoms with van der Waals surface area (Å²) in [7, 11) is 0. The van der Waals surface area contributed by atoms with Gasteiger partial charge in [-0.25, -0.2) is 53.5 Å². The maximum atomic E-state index is 12.1. The Morgan fingerprint density at radius 1 is 0.586 bits per heavy atom. The molecular formula is C38H32N24O6S2. The summed E-state index contributed by atoms with van der Waals surface area (Å²) in [6.07, 6.45) is 8.56. The van der Waals surface area contributed by atoms with E-state index in [2.05, 4.69) is 90.2 Å². The fourth-order valence-corrected chi connectivity index (χ4v) is 7.72. The SMILES string of the molecule is Cc1c[nH]c(=O)[nH]c1=O.Cc1cn(-n2cnc3c(-c4cccs4)nc(N)nc32)c(=O)[nH]c1=O.Nc1nc(-c2cccs2)c2ncn(Nc3nc4nc[nH]c4c(=O)[nH]3)c2n1.Nc1nc2nc[nH]c2c(=O)[nH]1. The lowest BCUT2D eigenvalue weighted by Gasteiger charge is -2.08. The summed E-state index contributed by atoms with van der Waals surface area (Å²) in [6.45, 7) is 3.23. The highest BCUT2D eigenvalue weighted by atomic mass is 32.1. The van der Waals surface area contributed by atoms with Crippen LogP contribution < -0.4 is 56.2 Å². The predicted octanol–water partition coefficient (Wildman–Crippen LogP) is 0.179. The van der Waals surface area contributed by atoms with Gasteiger partial charge in [0.2, 0.25) is 23.8 Å². The number of nitrogens with one attached hydrogen (secondary N) is 8. The summed E-state index contributed by atoms with van der Waals surface area (Å²) in [4.78, 5) is 128. The van der Waals surface area contributed by atoms with E-state index in [0.717, 1.165) is 9.75 Å². The van der Waals surface area contributed by atoms with Crippen LogP contribution >= 0.6 is 22.7 Å². The quantitative estimate of drug-likeness (QED) is 0.110. The first-order valence-corrected chi connectivity index (χ1v) is 21.6. The van der Waals surface area contributed by atoms with Crippen LogP contribution in [-0.2, 0) is 0 Å². The molecule has 30 nitrogen and oxygen atoms in total. The minimum absolute atomic E-state index is 0.0712. The smallest absolute Gasteiger partial charge is 0.347 e. The second-order valence-electron chi connectivity index (χ2n) is 14.2. The molecule has 0 aromatic carbocycles. The van der Waals surface area contributed by atoms with Crippen LogP contribution in [0.1, 0.15) is 11.1 Å². The molecule has 0 bridgehead atoms. The fourth-order valence-electron chi connectivity index (χ4n) is 6.29. The average Bonchev–Trinajstić information content (AvgIpc) is 4.19. The number of aromatic amines is 7. The molecule has 32 heteroatoms. The number of imidazole rings is 4. The van der Waals surface area contributed by atoms with E-state index in [9.17, 15) is 28.8 Å². The molecule has 0 radical (unpaired) electrons. The average molecular weight is 985 g/mol. The number of fused-ring (bicyclic) bond motifs is 4. The molecule has 12 aromatic heterocycles. The van der Waals surface area contributed by atoms with Crippen molar-refractivity contribution in [1.29, 1.82) is 0 Å². The molecule has 0 aliphatic carbocycles. The van der Waals surface area contributed by atoms with E-state index in [4.69, 9.17) is 17.2 Å². The van der Waals surface area contributed by atoms with Crippen molar-refractivity contribution >= 4 is 91.1 Å². The van der Waals surface area contributed by atoms with Crippen LogP contribution in [0.25, 0.3) is 65.8 Å². The molecular weight excluding hydrogens is 953 g/mol. The molecule has 0 unspecified atom stereocenters. The number of nitrogens with zero attached hydrogens (tertiary/aromatic N) is 13. The third-order valence-electron chi connectivity index (χ3n) is 9.50. The van der Waals surface area contributed by atoms with Crippen molar-refractivity contribution < 1.29 is 0 Å². The highest BCUT2D eigenvalue weighted by Gasteiger charge is 2.18. The van der Waals surface area contributed by atoms with Crippen molar-refractivity contribution in [3.8, 4) is 21.1 Å². The zero-order chi connectivity index (χ0) is 49.2. The highest BCUT2D eigenvalue weighted by molar-refractivity contribution is 7.13. The summed E-state index contributed by atoms with van der Waals surface area (Å²) >= 11 is 3.03. The maximum Gasteiger partial charge on any atom is 0.347 e. The number of aryl methyl sites for hydroxylation is 2. The molecule has 0 atom stereocenters. The second-order valence-corrected chi connectivity index (χ2v) is 16.1. The van der Waals surface area contributed by atoms with Gasteiger partial charge in [0.15, 0.2) is 33.6 Å². The first-order valence-electron chi connectivity index (χ1n) is 19.8. The summed E-state index contributed by atoms with van der Waals surface area (Å²) in [6, 6.07) is 7.66. The predicted molar refractivity (Wildman–Crippen MR) is 258 cm³/mol. The van der Waals surface area contributed by atoms with Gasteiger partial charge in [-0.2, -0.15) is 19.9 Å². The summed E-state index contributed by atoms with van der Waals surface area (Å²) in [5.74, 6) is 0.467. The van der Waals surface area contributed by atoms with Gasteiger partial charge in [0, 0.05) is 23.5 Å². The molecule has 0 aliphatic heterocycles. The number of nitrogen functional groups attached to an aromatic ring is 3. The van der Waals surface area contributed by atoms with Gasteiger partial charge in [-0.05, 0) is 36.7 Å². The molecule has 12 aromatic rings. The minimum atomic E-state index is -0.597. The highest BCUT2D eigenvalue weighted by Crippen LogP contribution is 2.30. The molecule has 70 heavy (non-hydrogen) atoms. The first-order chi connectivity index (χ1) is 33.7. The van der Waals surface area contributed by atoms with Crippen LogP contribution in [0, 0.1) is 13.8 Å². The van der Waals surface area contributed by atoms with Crippen molar-refractivity contribution in [3.05, 3.63) is 146 Å². The third-order valence-corrected chi connectivity index (χ3v) is 11.2. The molecule has 0 saturated heterocycles. The van der Waals surface area contributed by atoms with Crippen LogP contribution in [0.2, 0.25) is 0 Å². The molecule has 0 aliphatic rings. The maximum absolute atomic E-state index is 12.1. The monoisotopic (exact) mass is 984 g/mol. The van der Waals surface area contributed by atoms with E-state index < -0.39 is 16.9 Å². The van der Waals surface area contributed by atoms with Gasteiger partial charge in [-0.1, -0.05) is 12.1 Å². The number of thiophene rings is 2. The number of hydrogen-bond acceptors (Lipinski definition) is 22. The number of hydrogen-bond donors (Lipinski definition) is 11. The standard InChI is InChI=1S/C14H10N10OS.C14H11N7O2S.C5H5N5O.C5H6N2O2/c15-13-19-7(6-2-1-3-26-6)8-11(21-13)24(5-18-8)23-14-20-10-9(12(25)22-14)16-4-17-10;1-7-5-20(14(23)19-12(7)22)21-6-16-10-9(8-3-2-4-24-8)17-13(15)18-11(10)21;6-5-9-3-2(4(11)10-5)7-1-8-3;1-3-2-6-5(9)7-4(3)8/h1-5H,(H2,15,19,21)(H3,16,17,20,22,23,25);2-6H,1H3,(H2,15,17,18)(H,19,22,23);1H,(H4,6,7,8,9,10,11);2H,1H3,(H2,6,7,8,9). The summed E-state index contributed by atoms with van der Waals surface area (Å²) in [5.41, 5.74) is 22.8. The third kappa shape index (κ3) is 9.13. The number of aromatic nitrogens is 20. The number of H-pyrrole nitrogens is 7. The lowest BCUT2D eigenvalue weighted by Crippen LogP contribution is -2.34. The fraction of sp³-hybridized carbons (Fsp3) is 0.0526. The van der Waals surface area contributed by atoms with Crippen LogP contribution in [0.4, 0.5) is 23.8 Å². The number of nitrogens with two attached hydrogens (primary N) is 3. The van der Waals surface area contributed by atoms with Crippen molar-refractivity contribution in [1.82, 2.24) is 98.8 Å². The largest absolute Gasteiger partial charge is 0.369 e. The summed E-state index contributed by atoms with van der Waals surface area (Å²) in [5, 5.41) is 3.87. The lowest BCUT2D eigenvalue weighted by molar-refractivity contribution is 0.615. The van der Waals surface area contributed by atoms with Crippen LogP contribution in [0.5, 0.6) is 0 Å². The molecule has 0 amide bonds. The Balaban J connectivity index is 0.000000126. The molecule has 14 N–H and O–H groups in total. The van der Waals surface area contributed by atoms with Gasteiger partial charge in [-0.15, -0.1) is 22.7 Å². The minimum Gasteiger partial charge on any atom is -0.369 e. The van der Waals surface area contributed by atoms with Gasteiger partial charge in [-0.3, -0.25) is 44.5 Å². The zero-order valence-corrected chi connectivity index (χ0v) is 37.4. The van der Waals surface area contributed by atoms with E-state index in [-0.39, 0.29) is 40.5 Å². The lowest BCUT2D eigenvalue weighted by atomic mass is 10.3. The van der Waals surface area contributed by atoms with Gasteiger partial charge in [0.05, 0.1) is 22.4 Å². The van der Waals surface area contributed by atoms with E-state index in [0.29, 0.717) is 67.2 Å². The Bertz CT molecular complexity index is 4230. The van der Waals surface area contributed by atoms with Crippen molar-refractivity contribution in [3.63, 3.8) is 0 Å². The van der Waals surface area contributed by atoms with Crippen molar-refractivity contribution in [2.24, 2.45) is 0 Å². The van der Waals surface area contributed by atoms with Gasteiger partial charge >= 0.3 is 11.4 Å². The van der Waals surface area contributed by atoms with Crippen molar-refractivity contribution in [2.45, 2.75) is 13.8 Å². The Morgan fingerprint density at radius 2 is 1.17 bits per heavy atom. The van der Waals surface area contributed by atoms with E-state index in [1.54, 1.807) is 13.8 Å². The number of rotatable bonds is 5. The molecule has 0 spiro atoms. The Labute approximate surface area is 392 Å². The topological polar surface area (TPSA) is 447 Å². The van der Waals surface area contributed by atoms with E-state index in [1.807, 2.05) is 35.0 Å². The molecule has 12 heterocycles. The van der Waals surface area contributed by atoms with Crippen LogP contribution in [-0.4, -0.2) is 98.8 Å². The Kier molecular flexibility index (Phi) is 11.9. The molecule has 352 valence electrons. The van der Waals surface area contributed by atoms with Gasteiger partial charge < -0.3 is 32.2 Å². The Hall–Kier alpha value is -10.2. The van der Waals surface area contributed by atoms with E-state index >= 15 is 0 Å². The zero-order valence-electron chi connectivity index (χ0n) is 35.7. The van der Waals surface area contributed by atoms with Crippen LogP contribution in [0.15, 0.2) is 101 Å². The first kappa shape index (κ1) is 44.9. The van der Waals surface area contributed by atoms with E-state index in [1.165, 1.54) is 74.4 Å². The Morgan fingerprint density at radius 3 is 1.79 bits per heavy atom.